The number of benzene rings is 3. The van der Waals surface area contributed by atoms with Crippen LogP contribution in [0.3, 0.4) is 0 Å². The summed E-state index contributed by atoms with van der Waals surface area (Å²) in [7, 11) is -3.66. The largest absolute Gasteiger partial charge is 0.427 e. The average molecular weight is 1090 g/mol. The molecule has 2 aliphatic heterocycles. The number of thioether (sulfide) groups is 1. The first-order valence-corrected chi connectivity index (χ1v) is 24.4. The fraction of sp³-hybridized carbons (Fsp3) is 0.283. The summed E-state index contributed by atoms with van der Waals surface area (Å²) in [5.41, 5.74) is 3.38. The van der Waals surface area contributed by atoms with E-state index in [1.807, 2.05) is 56.3 Å². The third-order valence-corrected chi connectivity index (χ3v) is 11.0. The summed E-state index contributed by atoms with van der Waals surface area (Å²) in [4.78, 5) is 126. The van der Waals surface area contributed by atoms with Gasteiger partial charge in [-0.05, 0) is 78.9 Å². The summed E-state index contributed by atoms with van der Waals surface area (Å²) in [6, 6.07) is 23.3. The highest BCUT2D eigenvalue weighted by Gasteiger charge is 2.46. The minimum atomic E-state index is -3.66. The summed E-state index contributed by atoms with van der Waals surface area (Å²) in [5, 5.41) is 8.49. The standard InChI is InChI=1S/C9H8Cl2O2.C9H10O2.C8H7N3O2.C7H9NO6S.C7H7NOS.C6H7NO4/c1-5-3-8(11)9(4-7(5)10)13-6(2)12;1-7-3-5-9(6-4-7)11-8(2)10;1-6(12)13-11-8-5-3-2-4-7(8)9-10-11;1-4(9)14-8-6(10)3-5(7(8)11)15(2,12)13;1-6(9)10-7-4-2-3-5-8-7;1-4(8)11-7-5(9)2-3-6(7)10/h3-4H,1-2H3;3-6H,1-2H3;2-5H,1H3;5H,3H2,1-2H3;2-5H,1H3;2-3H2,1H3. The van der Waals surface area contributed by atoms with Crippen LogP contribution in [0.5, 0.6) is 11.5 Å². The minimum absolute atomic E-state index is 0.0682. The van der Waals surface area contributed by atoms with E-state index in [2.05, 4.69) is 25.0 Å². The lowest BCUT2D eigenvalue weighted by Crippen LogP contribution is -2.35. The van der Waals surface area contributed by atoms with Gasteiger partial charge in [0.1, 0.15) is 21.8 Å². The van der Waals surface area contributed by atoms with Crippen molar-refractivity contribution < 1.29 is 80.3 Å². The van der Waals surface area contributed by atoms with Crippen LogP contribution in [-0.2, 0) is 67.5 Å². The number of pyridine rings is 1. The first kappa shape index (κ1) is 61.5. The predicted molar refractivity (Wildman–Crippen MR) is 260 cm³/mol. The van der Waals surface area contributed by atoms with Gasteiger partial charge in [-0.3, -0.25) is 33.6 Å². The Morgan fingerprint density at radius 1 is 0.658 bits per heavy atom. The minimum Gasteiger partial charge on any atom is -0.427 e. The lowest BCUT2D eigenvalue weighted by molar-refractivity contribution is -0.195. The lowest BCUT2D eigenvalue weighted by Gasteiger charge is -2.11. The summed E-state index contributed by atoms with van der Waals surface area (Å²) in [6.07, 6.45) is 2.30. The molecule has 0 radical (unpaired) electrons. The molecule has 0 N–H and O–H groups in total. The van der Waals surface area contributed by atoms with E-state index in [1.165, 1.54) is 33.8 Å². The number of amides is 4. The number of imide groups is 2. The first-order valence-electron chi connectivity index (χ1n) is 20.9. The molecule has 0 bridgehead atoms. The summed E-state index contributed by atoms with van der Waals surface area (Å²) < 4.78 is 31.8. The summed E-state index contributed by atoms with van der Waals surface area (Å²) >= 11 is 12.8. The summed E-state index contributed by atoms with van der Waals surface area (Å²) in [5.74, 6) is -4.49. The maximum Gasteiger partial charge on any atom is 0.332 e. The molecule has 23 nitrogen and oxygen atoms in total. The zero-order valence-corrected chi connectivity index (χ0v) is 43.6. The number of fused-ring (bicyclic) bond motifs is 1. The Hall–Kier alpha value is -7.61. The van der Waals surface area contributed by atoms with Crippen LogP contribution in [0.2, 0.25) is 10.0 Å². The van der Waals surface area contributed by atoms with Crippen LogP contribution in [-0.4, -0.2) is 109 Å². The van der Waals surface area contributed by atoms with E-state index in [-0.39, 0.29) is 29.0 Å². The number of ether oxygens (including phenoxy) is 2. The number of esters is 2. The summed E-state index contributed by atoms with van der Waals surface area (Å²) in [6.45, 7) is 11.5. The van der Waals surface area contributed by atoms with Crippen LogP contribution >= 0.6 is 35.0 Å². The molecular weight excluding hydrogens is 1040 g/mol. The van der Waals surface area contributed by atoms with Crippen molar-refractivity contribution in [1.29, 1.82) is 0 Å². The number of hydrogen-bond donors (Lipinski definition) is 0. The van der Waals surface area contributed by atoms with E-state index in [0.717, 1.165) is 52.9 Å². The third-order valence-electron chi connectivity index (χ3n) is 8.20. The molecule has 2 saturated heterocycles. The van der Waals surface area contributed by atoms with Gasteiger partial charge in [-0.25, -0.2) is 27.8 Å². The van der Waals surface area contributed by atoms with Crippen molar-refractivity contribution in [2.24, 2.45) is 0 Å². The quantitative estimate of drug-likeness (QED) is 0.0636. The zero-order chi connectivity index (χ0) is 55.2. The molecule has 0 saturated carbocycles. The monoisotopic (exact) mass is 1090 g/mol. The van der Waals surface area contributed by atoms with Crippen LogP contribution in [0.15, 0.2) is 90.1 Å². The Bertz CT molecular complexity index is 2920. The van der Waals surface area contributed by atoms with Gasteiger partial charge in [-0.15, -0.1) is 15.2 Å². The zero-order valence-electron chi connectivity index (χ0n) is 40.5. The molecule has 2 aromatic heterocycles. The normalized spacial score (nSPS) is 13.4. The van der Waals surface area contributed by atoms with Crippen molar-refractivity contribution in [2.75, 3.05) is 6.26 Å². The van der Waals surface area contributed by atoms with Crippen LogP contribution < -0.4 is 14.3 Å². The second-order valence-corrected chi connectivity index (χ2v) is 18.9. The molecule has 1 atom stereocenters. The number of aryl methyl sites for hydroxylation is 2. The van der Waals surface area contributed by atoms with Gasteiger partial charge in [0.25, 0.3) is 23.6 Å². The number of halogens is 2. The Balaban J connectivity index is 0.000000301. The van der Waals surface area contributed by atoms with Crippen LogP contribution in [0.25, 0.3) is 11.0 Å². The van der Waals surface area contributed by atoms with Crippen molar-refractivity contribution in [3.63, 3.8) is 0 Å². The van der Waals surface area contributed by atoms with Crippen LogP contribution in [0.1, 0.15) is 71.9 Å². The number of hydroxylamine groups is 4. The number of nitrogens with zero attached hydrogens (tertiary/aromatic N) is 6. The Labute approximate surface area is 432 Å². The van der Waals surface area contributed by atoms with Crippen molar-refractivity contribution in [1.82, 2.24) is 30.3 Å². The average Bonchev–Trinajstić information content (AvgIpc) is 3.94. The van der Waals surface area contributed by atoms with E-state index in [9.17, 15) is 56.4 Å². The molecule has 0 spiro atoms. The van der Waals surface area contributed by atoms with Crippen LogP contribution in [0, 0.1) is 13.8 Å². The van der Waals surface area contributed by atoms with Crippen molar-refractivity contribution in [2.45, 2.75) is 84.9 Å². The molecule has 390 valence electrons. The maximum atomic E-state index is 11.3. The molecule has 27 heteroatoms. The van der Waals surface area contributed by atoms with Gasteiger partial charge in [-0.2, -0.15) is 0 Å². The Kier molecular flexibility index (Phi) is 25.0. The number of hydrogen-bond acceptors (Lipinski definition) is 21. The molecule has 2 fully saturated rings. The van der Waals surface area contributed by atoms with E-state index >= 15 is 0 Å². The van der Waals surface area contributed by atoms with Gasteiger partial charge in [0.15, 0.2) is 26.0 Å². The van der Waals surface area contributed by atoms with Crippen molar-refractivity contribution in [3.8, 4) is 11.5 Å². The number of carbonyl (C=O) groups excluding carboxylic acids is 10. The molecule has 2 aliphatic rings. The smallest absolute Gasteiger partial charge is 0.332 e. The fourth-order valence-electron chi connectivity index (χ4n) is 5.15. The number of aromatic nitrogens is 4. The third kappa shape index (κ3) is 22.6. The first-order chi connectivity index (χ1) is 34.1. The molecule has 1 unspecified atom stereocenters. The van der Waals surface area contributed by atoms with Gasteiger partial charge in [0.05, 0.1) is 11.4 Å². The topological polar surface area (TPSA) is 301 Å². The van der Waals surface area contributed by atoms with E-state index in [4.69, 9.17) is 37.5 Å². The fourth-order valence-corrected chi connectivity index (χ4v) is 7.03. The van der Waals surface area contributed by atoms with E-state index in [0.29, 0.717) is 37.6 Å². The highest BCUT2D eigenvalue weighted by Crippen LogP contribution is 2.30. The second kappa shape index (κ2) is 29.7. The lowest BCUT2D eigenvalue weighted by atomic mass is 10.2. The number of carbonyl (C=O) groups is 10. The predicted octanol–water partition coefficient (Wildman–Crippen LogP) is 5.52. The van der Waals surface area contributed by atoms with Gasteiger partial charge in [0.2, 0.25) is 0 Å². The molecule has 7 rings (SSSR count). The number of para-hydroxylation sites is 1. The number of sulfone groups is 1. The Morgan fingerprint density at radius 2 is 1.21 bits per heavy atom. The Morgan fingerprint density at radius 3 is 1.70 bits per heavy atom. The van der Waals surface area contributed by atoms with Gasteiger partial charge in [-0.1, -0.05) is 63.9 Å². The molecular formula is C46H48Cl2N6O17S2. The molecule has 73 heavy (non-hydrogen) atoms. The maximum absolute atomic E-state index is 11.3. The molecule has 5 aromatic rings. The van der Waals surface area contributed by atoms with Gasteiger partial charge < -0.3 is 24.0 Å². The molecule has 4 heterocycles. The molecule has 0 aliphatic carbocycles. The van der Waals surface area contributed by atoms with Crippen LogP contribution in [0.4, 0.5) is 0 Å². The van der Waals surface area contributed by atoms with Gasteiger partial charge >= 0.3 is 29.8 Å². The highest BCUT2D eigenvalue weighted by atomic mass is 35.5. The van der Waals surface area contributed by atoms with E-state index in [1.54, 1.807) is 36.5 Å². The van der Waals surface area contributed by atoms with Gasteiger partial charge in [0, 0.05) is 77.9 Å². The highest BCUT2D eigenvalue weighted by molar-refractivity contribution is 8.13. The SMILES string of the molecule is CC(=O)ON1C(=O)CC(S(C)(=O)=O)C1=O.CC(=O)ON1C(=O)CCC1=O.CC(=O)Oc1cc(Cl)c(C)cc1Cl.CC(=O)Oc1ccc(C)cc1.CC(=O)On1nnc2ccccc21.CC(=O)Sc1ccccn1. The van der Waals surface area contributed by atoms with Crippen molar-refractivity contribution in [3.05, 3.63) is 106 Å². The molecule has 4 amide bonds. The van der Waals surface area contributed by atoms with E-state index < -0.39 is 69.0 Å². The molecule has 3 aromatic carbocycles. The second-order valence-electron chi connectivity index (χ2n) is 14.6. The van der Waals surface area contributed by atoms with Crippen molar-refractivity contribution >= 4 is 114 Å². The number of rotatable bonds is 7.